The fourth-order valence-electron chi connectivity index (χ4n) is 3.82. The SMILES string of the molecule is COC(=O)c1cccc(CCN(C)CCCC(C#N)(C(=O)OC)c2ccc(OC)c(OC)c2)c1. The molecule has 2 rings (SSSR count). The van der Waals surface area contributed by atoms with E-state index in [1.807, 2.05) is 25.2 Å². The Balaban J connectivity index is 2.07. The fraction of sp³-hybridized carbons (Fsp3) is 0.423. The van der Waals surface area contributed by atoms with E-state index in [9.17, 15) is 14.9 Å². The minimum absolute atomic E-state index is 0.286. The van der Waals surface area contributed by atoms with Crippen LogP contribution in [-0.2, 0) is 26.1 Å². The monoisotopic (exact) mass is 468 g/mol. The van der Waals surface area contributed by atoms with Gasteiger partial charge in [0.15, 0.2) is 16.9 Å². The first-order valence-corrected chi connectivity index (χ1v) is 10.9. The minimum Gasteiger partial charge on any atom is -0.493 e. The highest BCUT2D eigenvalue weighted by Gasteiger charge is 2.42. The van der Waals surface area contributed by atoms with Crippen LogP contribution in [0.5, 0.6) is 11.5 Å². The zero-order valence-corrected chi connectivity index (χ0v) is 20.4. The molecule has 2 aromatic carbocycles. The fourth-order valence-corrected chi connectivity index (χ4v) is 3.82. The molecule has 1 atom stereocenters. The van der Waals surface area contributed by atoms with Crippen molar-refractivity contribution >= 4 is 11.9 Å². The number of nitrogens with zero attached hydrogens (tertiary/aromatic N) is 2. The van der Waals surface area contributed by atoms with Gasteiger partial charge in [0.05, 0.1) is 40.1 Å². The maximum Gasteiger partial charge on any atom is 0.337 e. The summed E-state index contributed by atoms with van der Waals surface area (Å²) in [5.74, 6) is -0.0145. The van der Waals surface area contributed by atoms with E-state index >= 15 is 0 Å². The van der Waals surface area contributed by atoms with Crippen molar-refractivity contribution in [1.29, 1.82) is 5.26 Å². The van der Waals surface area contributed by atoms with Gasteiger partial charge in [-0.15, -0.1) is 0 Å². The van der Waals surface area contributed by atoms with Gasteiger partial charge < -0.3 is 23.8 Å². The minimum atomic E-state index is -1.45. The predicted octanol–water partition coefficient (Wildman–Crippen LogP) is 3.38. The quantitative estimate of drug-likeness (QED) is 0.437. The third-order valence-corrected chi connectivity index (χ3v) is 5.82. The summed E-state index contributed by atoms with van der Waals surface area (Å²) >= 11 is 0. The first-order chi connectivity index (χ1) is 16.3. The molecule has 0 aromatic heterocycles. The predicted molar refractivity (Wildman–Crippen MR) is 127 cm³/mol. The van der Waals surface area contributed by atoms with Crippen LogP contribution < -0.4 is 9.47 Å². The van der Waals surface area contributed by atoms with Crippen molar-refractivity contribution in [1.82, 2.24) is 4.90 Å². The third-order valence-electron chi connectivity index (χ3n) is 5.82. The molecule has 0 heterocycles. The summed E-state index contributed by atoms with van der Waals surface area (Å²) in [5, 5.41) is 10.1. The Labute approximate surface area is 201 Å². The van der Waals surface area contributed by atoms with E-state index in [1.165, 1.54) is 28.4 Å². The van der Waals surface area contributed by atoms with Crippen molar-refractivity contribution in [2.45, 2.75) is 24.7 Å². The smallest absolute Gasteiger partial charge is 0.337 e. The molecule has 2 aromatic rings. The maximum atomic E-state index is 12.7. The molecule has 8 nitrogen and oxygen atoms in total. The normalized spacial score (nSPS) is 12.4. The van der Waals surface area contributed by atoms with Crippen molar-refractivity contribution in [3.05, 3.63) is 59.2 Å². The molecule has 0 aliphatic rings. The van der Waals surface area contributed by atoms with Crippen molar-refractivity contribution < 1.29 is 28.5 Å². The van der Waals surface area contributed by atoms with Crippen LogP contribution in [-0.4, -0.2) is 65.4 Å². The van der Waals surface area contributed by atoms with Gasteiger partial charge in [-0.25, -0.2) is 9.59 Å². The molecule has 0 fully saturated rings. The number of esters is 2. The van der Waals surface area contributed by atoms with Gasteiger partial charge in [-0.3, -0.25) is 0 Å². The van der Waals surface area contributed by atoms with Gasteiger partial charge in [0.2, 0.25) is 0 Å². The third kappa shape index (κ3) is 6.27. The Hall–Kier alpha value is -3.57. The average Bonchev–Trinajstić information content (AvgIpc) is 2.88. The Morgan fingerprint density at radius 3 is 2.32 bits per heavy atom. The molecule has 8 heteroatoms. The first-order valence-electron chi connectivity index (χ1n) is 10.9. The summed E-state index contributed by atoms with van der Waals surface area (Å²) in [4.78, 5) is 26.6. The maximum absolute atomic E-state index is 12.7. The van der Waals surface area contributed by atoms with E-state index in [4.69, 9.17) is 18.9 Å². The molecule has 34 heavy (non-hydrogen) atoms. The van der Waals surface area contributed by atoms with E-state index in [2.05, 4.69) is 11.0 Å². The van der Waals surface area contributed by atoms with Crippen molar-refractivity contribution in [2.24, 2.45) is 0 Å². The number of benzene rings is 2. The summed E-state index contributed by atoms with van der Waals surface area (Å²) in [5.41, 5.74) is 0.599. The first kappa shape index (κ1) is 26.7. The van der Waals surface area contributed by atoms with Crippen LogP contribution in [0.15, 0.2) is 42.5 Å². The highest BCUT2D eigenvalue weighted by atomic mass is 16.5. The number of ether oxygens (including phenoxy) is 4. The summed E-state index contributed by atoms with van der Waals surface area (Å²) in [6.07, 6.45) is 1.63. The van der Waals surface area contributed by atoms with E-state index in [0.29, 0.717) is 35.6 Å². The number of hydrogen-bond acceptors (Lipinski definition) is 8. The Morgan fingerprint density at radius 2 is 1.71 bits per heavy atom. The lowest BCUT2D eigenvalue weighted by Gasteiger charge is -2.26. The van der Waals surface area contributed by atoms with Crippen LogP contribution >= 0.6 is 0 Å². The summed E-state index contributed by atoms with van der Waals surface area (Å²) in [6, 6.07) is 14.6. The summed E-state index contributed by atoms with van der Waals surface area (Å²) < 4.78 is 20.4. The van der Waals surface area contributed by atoms with Gasteiger partial charge in [0, 0.05) is 6.54 Å². The molecule has 0 aliphatic carbocycles. The lowest BCUT2D eigenvalue weighted by atomic mass is 9.77. The highest BCUT2D eigenvalue weighted by Crippen LogP contribution is 2.36. The van der Waals surface area contributed by atoms with Gasteiger partial charge in [-0.1, -0.05) is 18.2 Å². The highest BCUT2D eigenvalue weighted by molar-refractivity contribution is 5.89. The second kappa shape index (κ2) is 12.6. The van der Waals surface area contributed by atoms with Gasteiger partial charge >= 0.3 is 11.9 Å². The van der Waals surface area contributed by atoms with Gasteiger partial charge in [-0.05, 0) is 68.2 Å². The van der Waals surface area contributed by atoms with E-state index in [1.54, 1.807) is 24.3 Å². The van der Waals surface area contributed by atoms with Crippen molar-refractivity contribution in [3.63, 3.8) is 0 Å². The number of methoxy groups -OCH3 is 4. The average molecular weight is 469 g/mol. The molecule has 0 spiro atoms. The van der Waals surface area contributed by atoms with Gasteiger partial charge in [-0.2, -0.15) is 5.26 Å². The number of hydrogen-bond donors (Lipinski definition) is 0. The van der Waals surface area contributed by atoms with Gasteiger partial charge in [0.1, 0.15) is 0 Å². The van der Waals surface area contributed by atoms with E-state index in [-0.39, 0.29) is 12.4 Å². The number of rotatable bonds is 12. The standard InChI is InChI=1S/C26H32N2O6/c1-28(15-12-19-8-6-9-20(16-19)24(29)33-4)14-7-13-26(18-27,25(30)34-5)21-10-11-22(31-2)23(17-21)32-3/h6,8-11,16-17H,7,12-15H2,1-5H3. The molecule has 1 unspecified atom stereocenters. The lowest BCUT2D eigenvalue weighted by Crippen LogP contribution is -2.36. The lowest BCUT2D eigenvalue weighted by molar-refractivity contribution is -0.145. The number of carbonyl (C=O) groups excluding carboxylic acids is 2. The zero-order valence-electron chi connectivity index (χ0n) is 20.4. The molecule has 0 radical (unpaired) electrons. The molecule has 0 saturated heterocycles. The summed E-state index contributed by atoms with van der Waals surface area (Å²) in [6.45, 7) is 1.42. The van der Waals surface area contributed by atoms with Crippen LogP contribution in [0, 0.1) is 11.3 Å². The van der Waals surface area contributed by atoms with Crippen molar-refractivity contribution in [3.8, 4) is 17.6 Å². The molecular formula is C26H32N2O6. The molecule has 0 amide bonds. The van der Waals surface area contributed by atoms with E-state index in [0.717, 1.165) is 18.5 Å². The molecule has 0 bridgehead atoms. The van der Waals surface area contributed by atoms with E-state index < -0.39 is 11.4 Å². The summed E-state index contributed by atoms with van der Waals surface area (Å²) in [7, 11) is 7.65. The second-order valence-electron chi connectivity index (χ2n) is 7.93. The molecule has 0 aliphatic heterocycles. The Morgan fingerprint density at radius 1 is 0.971 bits per heavy atom. The topological polar surface area (TPSA) is 98.1 Å². The van der Waals surface area contributed by atoms with Gasteiger partial charge in [0.25, 0.3) is 0 Å². The number of carbonyl (C=O) groups is 2. The van der Waals surface area contributed by atoms with Crippen LogP contribution in [0.25, 0.3) is 0 Å². The zero-order chi connectivity index (χ0) is 25.1. The Kier molecular flexibility index (Phi) is 9.90. The van der Waals surface area contributed by atoms with Crippen molar-refractivity contribution in [2.75, 3.05) is 48.6 Å². The number of likely N-dealkylation sites (N-methyl/N-ethyl adjacent to an activating group) is 1. The largest absolute Gasteiger partial charge is 0.493 e. The molecule has 0 N–H and O–H groups in total. The number of nitriles is 1. The second-order valence-corrected chi connectivity index (χ2v) is 7.93. The van der Waals surface area contributed by atoms with Crippen LogP contribution in [0.4, 0.5) is 0 Å². The van der Waals surface area contributed by atoms with Crippen LogP contribution in [0.3, 0.4) is 0 Å². The molecule has 0 saturated carbocycles. The van der Waals surface area contributed by atoms with Crippen LogP contribution in [0.1, 0.15) is 34.3 Å². The Bertz CT molecular complexity index is 1030. The van der Waals surface area contributed by atoms with Crippen LogP contribution in [0.2, 0.25) is 0 Å². The molecular weight excluding hydrogens is 436 g/mol. The molecule has 182 valence electrons.